The number of piperidine rings is 2. The minimum Gasteiger partial charge on any atom is -0.342 e. The number of nitrogens with zero attached hydrogens (tertiary/aromatic N) is 2. The Morgan fingerprint density at radius 1 is 1.19 bits per heavy atom. The maximum Gasteiger partial charge on any atom is 0.226 e. The molecule has 1 amide bonds. The first-order chi connectivity index (χ1) is 12.2. The molecular formula is C20H32Cl2FN3O. The summed E-state index contributed by atoms with van der Waals surface area (Å²) in [4.78, 5) is 17.3. The lowest BCUT2D eigenvalue weighted by molar-refractivity contribution is -0.138. The van der Waals surface area contributed by atoms with E-state index < -0.39 is 0 Å². The van der Waals surface area contributed by atoms with E-state index in [-0.39, 0.29) is 36.5 Å². The first kappa shape index (κ1) is 24.2. The lowest BCUT2D eigenvalue weighted by Gasteiger charge is -2.38. The Morgan fingerprint density at radius 3 is 2.59 bits per heavy atom. The van der Waals surface area contributed by atoms with Crippen LogP contribution in [0.2, 0.25) is 0 Å². The summed E-state index contributed by atoms with van der Waals surface area (Å²) in [5.74, 6) is 0.937. The molecule has 0 spiro atoms. The monoisotopic (exact) mass is 419 g/mol. The van der Waals surface area contributed by atoms with Crippen LogP contribution in [0, 0.1) is 17.7 Å². The van der Waals surface area contributed by atoms with Gasteiger partial charge in [-0.15, -0.1) is 24.8 Å². The molecule has 1 aromatic rings. The molecule has 1 unspecified atom stereocenters. The Bertz CT molecular complexity index is 582. The van der Waals surface area contributed by atoms with Gasteiger partial charge < -0.3 is 10.2 Å². The fraction of sp³-hybridized carbons (Fsp3) is 0.650. The van der Waals surface area contributed by atoms with E-state index in [9.17, 15) is 9.18 Å². The quantitative estimate of drug-likeness (QED) is 0.794. The lowest BCUT2D eigenvalue weighted by atomic mass is 9.92. The SMILES string of the molecule is CNCC1CCN(C(=O)C2CCCN(Cc3cccc(F)c3)C2)CC1.Cl.Cl. The Hall–Kier alpha value is -0.880. The van der Waals surface area contributed by atoms with Crippen LogP contribution in [-0.4, -0.2) is 55.5 Å². The van der Waals surface area contributed by atoms with E-state index in [4.69, 9.17) is 0 Å². The second kappa shape index (κ2) is 11.8. The number of hydrogen-bond acceptors (Lipinski definition) is 3. The van der Waals surface area contributed by atoms with Crippen LogP contribution in [0.25, 0.3) is 0 Å². The van der Waals surface area contributed by atoms with E-state index >= 15 is 0 Å². The molecule has 0 aliphatic carbocycles. The van der Waals surface area contributed by atoms with Gasteiger partial charge in [0.25, 0.3) is 0 Å². The fourth-order valence-corrected chi connectivity index (χ4v) is 4.20. The predicted octanol–water partition coefficient (Wildman–Crippen LogP) is 3.34. The van der Waals surface area contributed by atoms with Crippen LogP contribution in [0.15, 0.2) is 24.3 Å². The van der Waals surface area contributed by atoms with Gasteiger partial charge in [-0.3, -0.25) is 9.69 Å². The zero-order chi connectivity index (χ0) is 17.6. The van der Waals surface area contributed by atoms with Crippen LogP contribution in [0.3, 0.4) is 0 Å². The van der Waals surface area contributed by atoms with Crippen molar-refractivity contribution in [2.75, 3.05) is 39.8 Å². The maximum atomic E-state index is 13.4. The van der Waals surface area contributed by atoms with Gasteiger partial charge in [-0.1, -0.05) is 12.1 Å². The molecule has 3 rings (SSSR count). The molecule has 0 aromatic heterocycles. The van der Waals surface area contributed by atoms with E-state index in [0.29, 0.717) is 11.8 Å². The zero-order valence-electron chi connectivity index (χ0n) is 16.0. The summed E-state index contributed by atoms with van der Waals surface area (Å²) in [6.45, 7) is 5.35. The molecule has 27 heavy (non-hydrogen) atoms. The average molecular weight is 420 g/mol. The minimum absolute atomic E-state index is 0. The van der Waals surface area contributed by atoms with Crippen molar-refractivity contribution in [2.24, 2.45) is 11.8 Å². The van der Waals surface area contributed by atoms with E-state index in [1.165, 1.54) is 6.07 Å². The molecule has 2 aliphatic heterocycles. The summed E-state index contributed by atoms with van der Waals surface area (Å²) in [6, 6.07) is 6.79. The van der Waals surface area contributed by atoms with Crippen LogP contribution in [-0.2, 0) is 11.3 Å². The van der Waals surface area contributed by atoms with Gasteiger partial charge in [0, 0.05) is 26.2 Å². The summed E-state index contributed by atoms with van der Waals surface area (Å²) >= 11 is 0. The smallest absolute Gasteiger partial charge is 0.226 e. The summed E-state index contributed by atoms with van der Waals surface area (Å²) in [7, 11) is 1.99. The molecule has 0 saturated carbocycles. The number of carbonyl (C=O) groups excluding carboxylic acids is 1. The molecular weight excluding hydrogens is 388 g/mol. The van der Waals surface area contributed by atoms with Gasteiger partial charge >= 0.3 is 0 Å². The van der Waals surface area contributed by atoms with Crippen molar-refractivity contribution in [2.45, 2.75) is 32.2 Å². The zero-order valence-corrected chi connectivity index (χ0v) is 17.7. The third-order valence-corrected chi connectivity index (χ3v) is 5.57. The highest BCUT2D eigenvalue weighted by atomic mass is 35.5. The molecule has 1 aromatic carbocycles. The maximum absolute atomic E-state index is 13.4. The van der Waals surface area contributed by atoms with Gasteiger partial charge in [-0.05, 0) is 69.4 Å². The Labute approximate surface area is 174 Å². The molecule has 154 valence electrons. The first-order valence-electron chi connectivity index (χ1n) is 9.56. The largest absolute Gasteiger partial charge is 0.342 e. The Morgan fingerprint density at radius 2 is 1.93 bits per heavy atom. The van der Waals surface area contributed by atoms with Gasteiger partial charge in [0.15, 0.2) is 0 Å². The van der Waals surface area contributed by atoms with Gasteiger partial charge in [-0.25, -0.2) is 4.39 Å². The molecule has 2 heterocycles. The first-order valence-corrected chi connectivity index (χ1v) is 9.56. The number of likely N-dealkylation sites (tertiary alicyclic amines) is 2. The van der Waals surface area contributed by atoms with E-state index in [2.05, 4.69) is 15.1 Å². The molecule has 4 nitrogen and oxygen atoms in total. The van der Waals surface area contributed by atoms with E-state index in [1.54, 1.807) is 12.1 Å². The van der Waals surface area contributed by atoms with E-state index in [0.717, 1.165) is 70.5 Å². The molecule has 0 radical (unpaired) electrons. The Kier molecular flexibility index (Phi) is 10.6. The highest BCUT2D eigenvalue weighted by molar-refractivity contribution is 5.85. The topological polar surface area (TPSA) is 35.6 Å². The van der Waals surface area contributed by atoms with Crippen molar-refractivity contribution in [1.29, 1.82) is 0 Å². The van der Waals surface area contributed by atoms with Gasteiger partial charge in [0.1, 0.15) is 5.82 Å². The van der Waals surface area contributed by atoms with Crippen molar-refractivity contribution in [1.82, 2.24) is 15.1 Å². The van der Waals surface area contributed by atoms with Crippen molar-refractivity contribution < 1.29 is 9.18 Å². The summed E-state index contributed by atoms with van der Waals surface area (Å²) in [5, 5.41) is 3.24. The molecule has 0 bridgehead atoms. The summed E-state index contributed by atoms with van der Waals surface area (Å²) < 4.78 is 13.4. The lowest BCUT2D eigenvalue weighted by Crippen LogP contribution is -2.47. The fourth-order valence-electron chi connectivity index (χ4n) is 4.20. The van der Waals surface area contributed by atoms with Crippen LogP contribution < -0.4 is 5.32 Å². The Balaban J connectivity index is 0.00000182. The van der Waals surface area contributed by atoms with Crippen molar-refractivity contribution in [3.05, 3.63) is 35.6 Å². The van der Waals surface area contributed by atoms with Gasteiger partial charge in [0.05, 0.1) is 5.92 Å². The summed E-state index contributed by atoms with van der Waals surface area (Å²) in [6.07, 6.45) is 4.23. The number of benzene rings is 1. The van der Waals surface area contributed by atoms with Crippen LogP contribution >= 0.6 is 24.8 Å². The number of rotatable bonds is 5. The number of amides is 1. The summed E-state index contributed by atoms with van der Waals surface area (Å²) in [5.41, 5.74) is 0.987. The van der Waals surface area contributed by atoms with Crippen molar-refractivity contribution >= 4 is 30.7 Å². The van der Waals surface area contributed by atoms with Gasteiger partial charge in [0.2, 0.25) is 5.91 Å². The van der Waals surface area contributed by atoms with Crippen molar-refractivity contribution in [3.63, 3.8) is 0 Å². The van der Waals surface area contributed by atoms with Crippen molar-refractivity contribution in [3.8, 4) is 0 Å². The minimum atomic E-state index is -0.188. The molecule has 2 aliphatic rings. The van der Waals surface area contributed by atoms with Crippen LogP contribution in [0.5, 0.6) is 0 Å². The van der Waals surface area contributed by atoms with Gasteiger partial charge in [-0.2, -0.15) is 0 Å². The molecule has 1 N–H and O–H groups in total. The normalized spacial score (nSPS) is 21.3. The molecule has 7 heteroatoms. The second-order valence-electron chi connectivity index (χ2n) is 7.53. The molecule has 1 atom stereocenters. The number of halogens is 3. The second-order valence-corrected chi connectivity index (χ2v) is 7.53. The standard InChI is InChI=1S/C20H30FN3O.2ClH/c1-22-13-16-7-10-24(11-8-16)20(25)18-5-3-9-23(15-18)14-17-4-2-6-19(21)12-17;;/h2,4,6,12,16,18,22H,3,5,7-11,13-15H2,1H3;2*1H. The van der Waals surface area contributed by atoms with E-state index in [1.807, 2.05) is 13.1 Å². The highest BCUT2D eigenvalue weighted by Gasteiger charge is 2.31. The average Bonchev–Trinajstić information content (AvgIpc) is 2.62. The van der Waals surface area contributed by atoms with Crippen LogP contribution in [0.1, 0.15) is 31.2 Å². The predicted molar refractivity (Wildman–Crippen MR) is 112 cm³/mol. The molecule has 2 fully saturated rings. The number of carbonyl (C=O) groups is 1. The third-order valence-electron chi connectivity index (χ3n) is 5.57. The number of nitrogens with one attached hydrogen (secondary N) is 1. The number of hydrogen-bond donors (Lipinski definition) is 1. The highest BCUT2D eigenvalue weighted by Crippen LogP contribution is 2.24. The molecule has 2 saturated heterocycles. The van der Waals surface area contributed by atoms with Crippen LogP contribution in [0.4, 0.5) is 4.39 Å². The third kappa shape index (κ3) is 6.90.